The molecule has 0 radical (unpaired) electrons. The molecule has 0 bridgehead atoms. The van der Waals surface area contributed by atoms with Crippen molar-refractivity contribution in [3.05, 3.63) is 52.8 Å². The molecule has 12 heteroatoms. The Kier molecular flexibility index (Phi) is 10.4. The predicted octanol–water partition coefficient (Wildman–Crippen LogP) is 3.78. The van der Waals surface area contributed by atoms with Crippen LogP contribution in [0.2, 0.25) is 0 Å². The van der Waals surface area contributed by atoms with Crippen molar-refractivity contribution in [1.29, 1.82) is 0 Å². The molecule has 1 heterocycles. The largest absolute Gasteiger partial charge is 0.488 e. The first kappa shape index (κ1) is 30.0. The Hall–Kier alpha value is -3.54. The molecule has 0 aromatic heterocycles. The second-order valence-electron chi connectivity index (χ2n) is 9.35. The smallest absolute Gasteiger partial charge is 0.422 e. The van der Waals surface area contributed by atoms with Crippen LogP contribution >= 0.6 is 0 Å². The second kappa shape index (κ2) is 13.5. The third-order valence-corrected chi connectivity index (χ3v) is 6.05. The highest BCUT2D eigenvalue weighted by Gasteiger charge is 2.29. The molecule has 39 heavy (non-hydrogen) atoms. The fraction of sp³-hybridized carbons (Fsp3) is 0.481. The van der Waals surface area contributed by atoms with Gasteiger partial charge in [-0.1, -0.05) is 6.07 Å². The average molecular weight is 556 g/mol. The van der Waals surface area contributed by atoms with Crippen LogP contribution in [-0.2, 0) is 22.4 Å². The van der Waals surface area contributed by atoms with Gasteiger partial charge in [0, 0.05) is 38.7 Å². The van der Waals surface area contributed by atoms with E-state index in [1.165, 1.54) is 6.92 Å². The molecule has 1 amide bonds. The molecule has 0 fully saturated rings. The molecule has 214 valence electrons. The van der Waals surface area contributed by atoms with Gasteiger partial charge in [-0.15, -0.1) is 0 Å². The highest BCUT2D eigenvalue weighted by Crippen LogP contribution is 2.34. The summed E-state index contributed by atoms with van der Waals surface area (Å²) in [4.78, 5) is 25.3. The van der Waals surface area contributed by atoms with Gasteiger partial charge in [0.2, 0.25) is 0 Å². The maximum absolute atomic E-state index is 13.6. The average Bonchev–Trinajstić information content (AvgIpc) is 3.25. The Labute approximate surface area is 224 Å². The van der Waals surface area contributed by atoms with Crippen LogP contribution in [0.3, 0.4) is 0 Å². The number of hydrogen-bond acceptors (Lipinski definition) is 7. The summed E-state index contributed by atoms with van der Waals surface area (Å²) < 4.78 is 66.2. The first-order valence-corrected chi connectivity index (χ1v) is 12.6. The summed E-state index contributed by atoms with van der Waals surface area (Å²) in [6, 6.07) is 6.87. The zero-order chi connectivity index (χ0) is 28.6. The molecule has 0 saturated heterocycles. The molecule has 0 saturated carbocycles. The lowest BCUT2D eigenvalue weighted by Crippen LogP contribution is -2.32. The number of nitrogens with one attached hydrogen (secondary N) is 1. The van der Waals surface area contributed by atoms with Gasteiger partial charge in [0.05, 0.1) is 17.9 Å². The van der Waals surface area contributed by atoms with E-state index in [0.29, 0.717) is 38.1 Å². The van der Waals surface area contributed by atoms with Crippen LogP contribution in [0, 0.1) is 5.82 Å². The number of primary amides is 1. The van der Waals surface area contributed by atoms with Gasteiger partial charge in [0.25, 0.3) is 5.91 Å². The van der Waals surface area contributed by atoms with Crippen molar-refractivity contribution in [3.8, 4) is 11.5 Å². The summed E-state index contributed by atoms with van der Waals surface area (Å²) in [5.41, 5.74) is 8.92. The van der Waals surface area contributed by atoms with Gasteiger partial charge >= 0.3 is 12.1 Å². The van der Waals surface area contributed by atoms with Crippen LogP contribution in [0.5, 0.6) is 11.5 Å². The summed E-state index contributed by atoms with van der Waals surface area (Å²) >= 11 is 0. The Morgan fingerprint density at radius 3 is 2.59 bits per heavy atom. The maximum Gasteiger partial charge on any atom is 0.422 e. The van der Waals surface area contributed by atoms with Crippen LogP contribution in [0.25, 0.3) is 0 Å². The third kappa shape index (κ3) is 9.31. The number of esters is 1. The minimum Gasteiger partial charge on any atom is -0.488 e. The van der Waals surface area contributed by atoms with Gasteiger partial charge in [0.1, 0.15) is 12.4 Å². The van der Waals surface area contributed by atoms with Crippen LogP contribution in [0.4, 0.5) is 23.2 Å². The molecule has 3 rings (SSSR count). The van der Waals surface area contributed by atoms with Crippen molar-refractivity contribution in [2.75, 3.05) is 44.4 Å². The van der Waals surface area contributed by atoms with Crippen molar-refractivity contribution in [3.63, 3.8) is 0 Å². The fourth-order valence-electron chi connectivity index (χ4n) is 4.46. The number of rotatable bonds is 14. The van der Waals surface area contributed by atoms with Gasteiger partial charge in [0.15, 0.2) is 18.1 Å². The topological polar surface area (TPSA) is 103 Å². The number of carbonyl (C=O) groups excluding carboxylic acids is 2. The summed E-state index contributed by atoms with van der Waals surface area (Å²) in [6.45, 7) is 3.86. The van der Waals surface area contributed by atoms with E-state index in [1.807, 2.05) is 6.92 Å². The van der Waals surface area contributed by atoms with Gasteiger partial charge < -0.3 is 30.2 Å². The highest BCUT2D eigenvalue weighted by molar-refractivity contribution is 6.00. The molecule has 1 atom stereocenters. The quantitative estimate of drug-likeness (QED) is 0.208. The number of nitrogens with zero attached hydrogens (tertiary/aromatic N) is 1. The minimum absolute atomic E-state index is 0.0397. The number of hydrogen-bond donors (Lipinski definition) is 2. The standard InChI is InChI=1S/C27H33F4N3O5/c1-17(33-7-11-38-24-15-21(28)4-5-23(24)39-16-27(29,30)31)12-19-13-20-6-9-34(8-3-10-37-18(2)35)25(20)22(14-19)26(32)36/h4-5,13-15,17,33H,3,6-12,16H2,1-2H3,(H2,32,36). The number of anilines is 1. The number of amides is 1. The summed E-state index contributed by atoms with van der Waals surface area (Å²) in [6.07, 6.45) is -2.55. The monoisotopic (exact) mass is 555 g/mol. The van der Waals surface area contributed by atoms with Crippen molar-refractivity contribution in [2.24, 2.45) is 5.73 Å². The molecule has 0 spiro atoms. The molecule has 1 aliphatic heterocycles. The van der Waals surface area contributed by atoms with Crippen molar-refractivity contribution in [2.45, 2.75) is 45.3 Å². The normalized spacial score (nSPS) is 13.6. The minimum atomic E-state index is -4.53. The number of nitrogens with two attached hydrogens (primary N) is 1. The van der Waals surface area contributed by atoms with Crippen LogP contribution in [0.1, 0.15) is 41.8 Å². The molecule has 1 unspecified atom stereocenters. The Bertz CT molecular complexity index is 1160. The van der Waals surface area contributed by atoms with E-state index in [-0.39, 0.29) is 30.1 Å². The van der Waals surface area contributed by atoms with E-state index in [4.69, 9.17) is 19.9 Å². The lowest BCUT2D eigenvalue weighted by molar-refractivity contribution is -0.153. The lowest BCUT2D eigenvalue weighted by atomic mass is 9.98. The SMILES string of the molecule is CC(=O)OCCCN1CCc2cc(CC(C)NCCOc3cc(F)ccc3OCC(F)(F)F)cc(C(N)=O)c21. The number of fused-ring (bicyclic) bond motifs is 1. The fourth-order valence-corrected chi connectivity index (χ4v) is 4.46. The van der Waals surface area contributed by atoms with E-state index in [0.717, 1.165) is 48.0 Å². The summed E-state index contributed by atoms with van der Waals surface area (Å²) in [5.74, 6) is -1.82. The third-order valence-electron chi connectivity index (χ3n) is 6.05. The molecular weight excluding hydrogens is 522 g/mol. The van der Waals surface area contributed by atoms with E-state index >= 15 is 0 Å². The number of halogens is 4. The zero-order valence-electron chi connectivity index (χ0n) is 21.9. The molecule has 3 N–H and O–H groups in total. The number of alkyl halides is 3. The Morgan fingerprint density at radius 1 is 1.13 bits per heavy atom. The first-order valence-electron chi connectivity index (χ1n) is 12.6. The summed E-state index contributed by atoms with van der Waals surface area (Å²) in [5, 5.41) is 3.25. The predicted molar refractivity (Wildman–Crippen MR) is 137 cm³/mol. The molecule has 2 aromatic carbocycles. The van der Waals surface area contributed by atoms with Gasteiger partial charge in [-0.05, 0) is 55.5 Å². The van der Waals surface area contributed by atoms with Crippen molar-refractivity contribution >= 4 is 17.6 Å². The Morgan fingerprint density at radius 2 is 1.90 bits per heavy atom. The number of benzene rings is 2. The molecule has 8 nitrogen and oxygen atoms in total. The van der Waals surface area contributed by atoms with Crippen molar-refractivity contribution in [1.82, 2.24) is 5.32 Å². The van der Waals surface area contributed by atoms with Gasteiger partial charge in [-0.25, -0.2) is 4.39 Å². The van der Waals surface area contributed by atoms with E-state index in [9.17, 15) is 27.2 Å². The Balaban J connectivity index is 1.54. The van der Waals surface area contributed by atoms with Crippen LogP contribution < -0.4 is 25.4 Å². The molecule has 0 aliphatic carbocycles. The highest BCUT2D eigenvalue weighted by atomic mass is 19.4. The molecule has 1 aliphatic rings. The number of carbonyl (C=O) groups is 2. The van der Waals surface area contributed by atoms with Crippen molar-refractivity contribution < 1.29 is 41.4 Å². The first-order chi connectivity index (χ1) is 18.4. The van der Waals surface area contributed by atoms with E-state index in [1.54, 1.807) is 6.07 Å². The maximum atomic E-state index is 13.6. The molecular formula is C27H33F4N3O5. The zero-order valence-corrected chi connectivity index (χ0v) is 21.9. The van der Waals surface area contributed by atoms with Crippen LogP contribution in [0.15, 0.2) is 30.3 Å². The van der Waals surface area contributed by atoms with E-state index < -0.39 is 24.5 Å². The lowest BCUT2D eigenvalue weighted by Gasteiger charge is -2.22. The van der Waals surface area contributed by atoms with E-state index in [2.05, 4.69) is 16.3 Å². The molecule has 2 aromatic rings. The summed E-state index contributed by atoms with van der Waals surface area (Å²) in [7, 11) is 0. The van der Waals surface area contributed by atoms with Gasteiger partial charge in [-0.3, -0.25) is 9.59 Å². The second-order valence-corrected chi connectivity index (χ2v) is 9.35. The number of ether oxygens (including phenoxy) is 3. The van der Waals surface area contributed by atoms with Crippen LogP contribution in [-0.4, -0.2) is 63.5 Å². The van der Waals surface area contributed by atoms with Gasteiger partial charge in [-0.2, -0.15) is 13.2 Å².